The van der Waals surface area contributed by atoms with Crippen molar-refractivity contribution in [2.75, 3.05) is 18.1 Å². The number of esters is 1. The third-order valence-electron chi connectivity index (χ3n) is 5.60. The Kier molecular flexibility index (Phi) is 6.32. The van der Waals surface area contributed by atoms with Crippen molar-refractivity contribution in [3.05, 3.63) is 70.1 Å². The molecule has 0 fully saturated rings. The van der Waals surface area contributed by atoms with Crippen LogP contribution in [-0.4, -0.2) is 46.0 Å². The molecule has 4 rings (SSSR count). The van der Waals surface area contributed by atoms with E-state index in [0.717, 1.165) is 28.8 Å². The van der Waals surface area contributed by atoms with Crippen LogP contribution in [0.1, 0.15) is 24.6 Å². The lowest BCUT2D eigenvalue weighted by atomic mass is 10.0. The second-order valence-corrected chi connectivity index (χ2v) is 7.78. The zero-order chi connectivity index (χ0) is 22.7. The number of amides is 1. The van der Waals surface area contributed by atoms with Gasteiger partial charge in [-0.25, -0.2) is 4.68 Å². The fourth-order valence-electron chi connectivity index (χ4n) is 4.09. The lowest BCUT2D eigenvalue weighted by Crippen LogP contribution is -2.43. The first-order valence-corrected chi connectivity index (χ1v) is 10.7. The molecule has 1 aliphatic heterocycles. The van der Waals surface area contributed by atoms with E-state index < -0.39 is 12.1 Å². The van der Waals surface area contributed by atoms with Gasteiger partial charge in [-0.15, -0.1) is 0 Å². The van der Waals surface area contributed by atoms with Crippen molar-refractivity contribution in [2.24, 2.45) is 0 Å². The first-order chi connectivity index (χ1) is 15.5. The third-order valence-corrected chi connectivity index (χ3v) is 5.60. The summed E-state index contributed by atoms with van der Waals surface area (Å²) >= 11 is 0. The number of carbonyl (C=O) groups is 2. The summed E-state index contributed by atoms with van der Waals surface area (Å²) in [5, 5.41) is 14.4. The smallest absolute Gasteiger partial charge is 0.312 e. The molecule has 0 spiro atoms. The Bertz CT molecular complexity index is 1220. The van der Waals surface area contributed by atoms with Gasteiger partial charge in [0.2, 0.25) is 0 Å². The Morgan fingerprint density at radius 1 is 1.12 bits per heavy atom. The van der Waals surface area contributed by atoms with Crippen LogP contribution in [0.25, 0.3) is 10.8 Å². The van der Waals surface area contributed by atoms with Crippen molar-refractivity contribution < 1.29 is 19.4 Å². The zero-order valence-corrected chi connectivity index (χ0v) is 17.9. The minimum absolute atomic E-state index is 0.0228. The topological polar surface area (TPSA) is 102 Å². The zero-order valence-electron chi connectivity index (χ0n) is 17.9. The first kappa shape index (κ1) is 21.7. The molecule has 166 valence electrons. The number of aliphatic hydroxyl groups is 1. The molecule has 1 amide bonds. The molecule has 32 heavy (non-hydrogen) atoms. The van der Waals surface area contributed by atoms with Gasteiger partial charge in [0.05, 0.1) is 30.7 Å². The van der Waals surface area contributed by atoms with Crippen molar-refractivity contribution in [3.63, 3.8) is 0 Å². The number of para-hydroxylation sites is 1. The van der Waals surface area contributed by atoms with Crippen LogP contribution in [-0.2, 0) is 33.7 Å². The summed E-state index contributed by atoms with van der Waals surface area (Å²) in [4.78, 5) is 39.9. The normalized spacial score (nSPS) is 14.1. The van der Waals surface area contributed by atoms with Crippen LogP contribution in [0.4, 0.5) is 5.69 Å². The highest BCUT2D eigenvalue weighted by atomic mass is 16.5. The van der Waals surface area contributed by atoms with E-state index >= 15 is 0 Å². The summed E-state index contributed by atoms with van der Waals surface area (Å²) in [5.41, 5.74) is 1.99. The number of rotatable bonds is 6. The molecule has 2 aromatic carbocycles. The predicted octanol–water partition coefficient (Wildman–Crippen LogP) is 1.84. The van der Waals surface area contributed by atoms with E-state index in [-0.39, 0.29) is 31.0 Å². The number of anilines is 1. The van der Waals surface area contributed by atoms with Gasteiger partial charge < -0.3 is 14.7 Å². The molecule has 8 nitrogen and oxygen atoms in total. The van der Waals surface area contributed by atoms with E-state index in [4.69, 9.17) is 4.74 Å². The lowest BCUT2D eigenvalue weighted by Gasteiger charge is -2.31. The molecule has 0 unspecified atom stereocenters. The molecule has 2 heterocycles. The highest BCUT2D eigenvalue weighted by Gasteiger charge is 2.28. The SMILES string of the molecule is C[C@H](OC(=O)Cc1nn(CCO)c(=O)c2ccccc12)C(=O)N1CCCc2ccccc21. The summed E-state index contributed by atoms with van der Waals surface area (Å²) in [6.45, 7) is 1.92. The highest BCUT2D eigenvalue weighted by molar-refractivity contribution is 5.98. The minimum atomic E-state index is -0.955. The van der Waals surface area contributed by atoms with Gasteiger partial charge in [-0.05, 0) is 37.5 Å². The molecule has 1 atom stereocenters. The summed E-state index contributed by atoms with van der Waals surface area (Å²) in [7, 11) is 0. The number of benzene rings is 2. The average Bonchev–Trinajstić information content (AvgIpc) is 2.81. The maximum Gasteiger partial charge on any atom is 0.312 e. The van der Waals surface area contributed by atoms with Crippen LogP contribution in [0.2, 0.25) is 0 Å². The second-order valence-electron chi connectivity index (χ2n) is 7.78. The van der Waals surface area contributed by atoms with Gasteiger partial charge in [-0.3, -0.25) is 14.4 Å². The summed E-state index contributed by atoms with van der Waals surface area (Å²) in [5.74, 6) is -0.878. The van der Waals surface area contributed by atoms with Crippen LogP contribution in [0.3, 0.4) is 0 Å². The number of aryl methyl sites for hydroxylation is 1. The van der Waals surface area contributed by atoms with Crippen molar-refractivity contribution in [2.45, 2.75) is 38.8 Å². The Balaban J connectivity index is 1.52. The van der Waals surface area contributed by atoms with Gasteiger partial charge in [0.1, 0.15) is 0 Å². The van der Waals surface area contributed by atoms with Crippen LogP contribution in [0.5, 0.6) is 0 Å². The Morgan fingerprint density at radius 3 is 2.62 bits per heavy atom. The first-order valence-electron chi connectivity index (χ1n) is 10.7. The molecule has 0 saturated heterocycles. The molecule has 8 heteroatoms. The third kappa shape index (κ3) is 4.27. The average molecular weight is 435 g/mol. The largest absolute Gasteiger partial charge is 0.452 e. The van der Waals surface area contributed by atoms with E-state index in [0.29, 0.717) is 23.0 Å². The van der Waals surface area contributed by atoms with Crippen molar-refractivity contribution in [1.29, 1.82) is 0 Å². The van der Waals surface area contributed by atoms with Gasteiger partial charge in [0.25, 0.3) is 11.5 Å². The molecule has 0 radical (unpaired) electrons. The van der Waals surface area contributed by atoms with Crippen LogP contribution in [0, 0.1) is 0 Å². The minimum Gasteiger partial charge on any atom is -0.452 e. The maximum absolute atomic E-state index is 13.0. The number of ether oxygens (including phenoxy) is 1. The van der Waals surface area contributed by atoms with E-state index in [9.17, 15) is 19.5 Å². The summed E-state index contributed by atoms with van der Waals surface area (Å²) in [6, 6.07) is 14.6. The number of hydrogen-bond donors (Lipinski definition) is 1. The molecular formula is C24H25N3O5. The summed E-state index contributed by atoms with van der Waals surface area (Å²) < 4.78 is 6.60. The van der Waals surface area contributed by atoms with Gasteiger partial charge in [0, 0.05) is 17.6 Å². The monoisotopic (exact) mass is 435 g/mol. The van der Waals surface area contributed by atoms with Crippen LogP contribution < -0.4 is 10.5 Å². The Morgan fingerprint density at radius 2 is 1.84 bits per heavy atom. The van der Waals surface area contributed by atoms with E-state index in [1.165, 1.54) is 0 Å². The number of hydrogen-bond acceptors (Lipinski definition) is 6. The Labute approximate surface area is 185 Å². The predicted molar refractivity (Wildman–Crippen MR) is 119 cm³/mol. The molecule has 0 saturated carbocycles. The number of fused-ring (bicyclic) bond motifs is 2. The van der Waals surface area contributed by atoms with Crippen LogP contribution in [0.15, 0.2) is 53.3 Å². The molecule has 0 bridgehead atoms. The van der Waals surface area contributed by atoms with E-state index in [2.05, 4.69) is 5.10 Å². The molecule has 1 N–H and O–H groups in total. The van der Waals surface area contributed by atoms with E-state index in [1.54, 1.807) is 36.1 Å². The molecular weight excluding hydrogens is 410 g/mol. The highest BCUT2D eigenvalue weighted by Crippen LogP contribution is 2.27. The van der Waals surface area contributed by atoms with Crippen LogP contribution >= 0.6 is 0 Å². The van der Waals surface area contributed by atoms with Crippen molar-refractivity contribution in [3.8, 4) is 0 Å². The standard InChI is InChI=1S/C24H25N3O5/c1-16(23(30)26-12-6-8-17-7-2-5-11-21(17)26)32-22(29)15-20-18-9-3-4-10-19(18)24(31)27(25-20)13-14-28/h2-5,7,9-11,16,28H,6,8,12-15H2,1H3/t16-/m0/s1. The molecule has 1 aromatic heterocycles. The van der Waals surface area contributed by atoms with Crippen molar-refractivity contribution in [1.82, 2.24) is 9.78 Å². The van der Waals surface area contributed by atoms with Gasteiger partial charge >= 0.3 is 5.97 Å². The number of carbonyl (C=O) groups excluding carboxylic acids is 2. The van der Waals surface area contributed by atoms with Gasteiger partial charge in [-0.2, -0.15) is 5.10 Å². The fraction of sp³-hybridized carbons (Fsp3) is 0.333. The quantitative estimate of drug-likeness (QED) is 0.593. The van der Waals surface area contributed by atoms with Gasteiger partial charge in [-0.1, -0.05) is 36.4 Å². The number of aromatic nitrogens is 2. The fourth-order valence-corrected chi connectivity index (χ4v) is 4.09. The molecule has 0 aliphatic carbocycles. The van der Waals surface area contributed by atoms with Gasteiger partial charge in [0.15, 0.2) is 6.10 Å². The Hall–Kier alpha value is -3.52. The number of nitrogens with zero attached hydrogens (tertiary/aromatic N) is 3. The van der Waals surface area contributed by atoms with Crippen molar-refractivity contribution >= 4 is 28.3 Å². The molecule has 3 aromatic rings. The number of aliphatic hydroxyl groups excluding tert-OH is 1. The van der Waals surface area contributed by atoms with E-state index in [1.807, 2.05) is 24.3 Å². The second kappa shape index (κ2) is 9.32. The maximum atomic E-state index is 13.0. The summed E-state index contributed by atoms with van der Waals surface area (Å²) in [6.07, 6.45) is 0.617. The lowest BCUT2D eigenvalue weighted by molar-refractivity contribution is -0.153. The molecule has 1 aliphatic rings.